The van der Waals surface area contributed by atoms with Gasteiger partial charge in [0, 0.05) is 25.5 Å². The summed E-state index contributed by atoms with van der Waals surface area (Å²) >= 11 is 5.82. The van der Waals surface area contributed by atoms with E-state index in [2.05, 4.69) is 10.3 Å². The molecule has 0 bridgehead atoms. The number of rotatable bonds is 6. The second kappa shape index (κ2) is 6.19. The zero-order valence-electron chi connectivity index (χ0n) is 10.1. The molecule has 0 saturated heterocycles. The van der Waals surface area contributed by atoms with Crippen molar-refractivity contribution in [1.82, 2.24) is 9.55 Å². The average molecular weight is 281 g/mol. The number of para-hydroxylation sites is 1. The Bertz CT molecular complexity index is 557. The van der Waals surface area contributed by atoms with Crippen LogP contribution in [-0.2, 0) is 6.54 Å². The van der Waals surface area contributed by atoms with Crippen LogP contribution < -0.4 is 5.32 Å². The molecule has 1 heterocycles. The predicted molar refractivity (Wildman–Crippen MR) is 73.4 cm³/mol. The molecule has 2 aromatic rings. The van der Waals surface area contributed by atoms with Gasteiger partial charge in [-0.25, -0.2) is 4.98 Å². The van der Waals surface area contributed by atoms with E-state index in [1.54, 1.807) is 24.7 Å². The molecule has 0 radical (unpaired) electrons. The third-order valence-electron chi connectivity index (χ3n) is 2.64. The molecule has 0 aliphatic heterocycles. The van der Waals surface area contributed by atoms with Crippen molar-refractivity contribution in [3.05, 3.63) is 52.1 Å². The summed E-state index contributed by atoms with van der Waals surface area (Å²) in [6.07, 6.45) is 6.17. The fourth-order valence-corrected chi connectivity index (χ4v) is 1.99. The Balaban J connectivity index is 1.92. The van der Waals surface area contributed by atoms with E-state index in [0.717, 1.165) is 13.0 Å². The summed E-state index contributed by atoms with van der Waals surface area (Å²) in [5.74, 6) is 0. The van der Waals surface area contributed by atoms with E-state index < -0.39 is 4.92 Å². The van der Waals surface area contributed by atoms with Gasteiger partial charge in [0.15, 0.2) is 0 Å². The zero-order valence-corrected chi connectivity index (χ0v) is 10.9. The zero-order chi connectivity index (χ0) is 13.7. The minimum absolute atomic E-state index is 0.0770. The van der Waals surface area contributed by atoms with Gasteiger partial charge in [0.2, 0.25) is 0 Å². The number of hydrogen-bond acceptors (Lipinski definition) is 4. The van der Waals surface area contributed by atoms with Crippen molar-refractivity contribution in [1.29, 1.82) is 0 Å². The van der Waals surface area contributed by atoms with Crippen molar-refractivity contribution >= 4 is 23.0 Å². The number of imidazole rings is 1. The Hall–Kier alpha value is -2.08. The third kappa shape index (κ3) is 3.45. The number of halogens is 1. The van der Waals surface area contributed by atoms with Gasteiger partial charge in [0.05, 0.1) is 11.3 Å². The molecule has 0 aliphatic carbocycles. The van der Waals surface area contributed by atoms with Gasteiger partial charge >= 0.3 is 5.69 Å². The quantitative estimate of drug-likeness (QED) is 0.501. The van der Waals surface area contributed by atoms with Crippen LogP contribution >= 0.6 is 11.6 Å². The number of aryl methyl sites for hydroxylation is 1. The molecular formula is C12H13ClN4O2. The van der Waals surface area contributed by atoms with Gasteiger partial charge in [-0.1, -0.05) is 17.7 Å². The maximum absolute atomic E-state index is 10.9. The molecule has 0 aliphatic rings. The number of aromatic nitrogens is 2. The van der Waals surface area contributed by atoms with Gasteiger partial charge in [0.25, 0.3) is 0 Å². The minimum Gasteiger partial charge on any atom is -0.379 e. The lowest BCUT2D eigenvalue weighted by molar-refractivity contribution is -0.383. The van der Waals surface area contributed by atoms with Crippen molar-refractivity contribution in [3.63, 3.8) is 0 Å². The first kappa shape index (κ1) is 13.4. The summed E-state index contributed by atoms with van der Waals surface area (Å²) in [5.41, 5.74) is 0.370. The molecule has 0 unspecified atom stereocenters. The van der Waals surface area contributed by atoms with Gasteiger partial charge in [-0.15, -0.1) is 0 Å². The average Bonchev–Trinajstić information content (AvgIpc) is 2.87. The van der Waals surface area contributed by atoms with Gasteiger partial charge < -0.3 is 9.88 Å². The van der Waals surface area contributed by atoms with Crippen molar-refractivity contribution in [2.75, 3.05) is 11.9 Å². The van der Waals surface area contributed by atoms with Crippen molar-refractivity contribution in [2.45, 2.75) is 13.0 Å². The third-order valence-corrected chi connectivity index (χ3v) is 2.94. The van der Waals surface area contributed by atoms with Crippen LogP contribution in [0.15, 0.2) is 36.9 Å². The summed E-state index contributed by atoms with van der Waals surface area (Å²) < 4.78 is 1.95. The molecule has 6 nitrogen and oxygen atoms in total. The lowest BCUT2D eigenvalue weighted by Gasteiger charge is -2.08. The van der Waals surface area contributed by atoms with E-state index >= 15 is 0 Å². The smallest absolute Gasteiger partial charge is 0.310 e. The van der Waals surface area contributed by atoms with Gasteiger partial charge in [-0.05, 0) is 18.6 Å². The highest BCUT2D eigenvalue weighted by atomic mass is 35.5. The Labute approximate surface area is 115 Å². The summed E-state index contributed by atoms with van der Waals surface area (Å²) in [4.78, 5) is 14.4. The monoisotopic (exact) mass is 280 g/mol. The van der Waals surface area contributed by atoms with E-state index in [9.17, 15) is 10.1 Å². The van der Waals surface area contributed by atoms with Crippen LogP contribution in [0.5, 0.6) is 0 Å². The Morgan fingerprint density at radius 3 is 3.00 bits per heavy atom. The first-order chi connectivity index (χ1) is 9.18. The van der Waals surface area contributed by atoms with Crippen LogP contribution in [0.1, 0.15) is 6.42 Å². The maximum atomic E-state index is 10.9. The molecular weight excluding hydrogens is 268 g/mol. The summed E-state index contributed by atoms with van der Waals surface area (Å²) in [7, 11) is 0. The number of benzene rings is 1. The molecule has 100 valence electrons. The van der Waals surface area contributed by atoms with E-state index in [0.29, 0.717) is 12.2 Å². The van der Waals surface area contributed by atoms with Crippen LogP contribution in [0.25, 0.3) is 0 Å². The molecule has 0 fully saturated rings. The van der Waals surface area contributed by atoms with Crippen LogP contribution in [-0.4, -0.2) is 21.0 Å². The fourth-order valence-electron chi connectivity index (χ4n) is 1.75. The first-order valence-electron chi connectivity index (χ1n) is 5.81. The summed E-state index contributed by atoms with van der Waals surface area (Å²) in [6.45, 7) is 1.43. The fraction of sp³-hybridized carbons (Fsp3) is 0.250. The molecule has 1 aromatic heterocycles. The van der Waals surface area contributed by atoms with Crippen LogP contribution in [0.3, 0.4) is 0 Å². The molecule has 0 spiro atoms. The normalized spacial score (nSPS) is 10.4. The van der Waals surface area contributed by atoms with Crippen LogP contribution in [0.2, 0.25) is 5.02 Å². The molecule has 19 heavy (non-hydrogen) atoms. The molecule has 0 amide bonds. The number of nitro benzene ring substituents is 1. The Kier molecular flexibility index (Phi) is 4.35. The summed E-state index contributed by atoms with van der Waals surface area (Å²) in [6, 6.07) is 4.85. The molecule has 1 aromatic carbocycles. The number of hydrogen-bond donors (Lipinski definition) is 1. The molecule has 7 heteroatoms. The number of anilines is 1. The van der Waals surface area contributed by atoms with Crippen molar-refractivity contribution in [3.8, 4) is 0 Å². The van der Waals surface area contributed by atoms with E-state index in [1.807, 2.05) is 10.8 Å². The Morgan fingerprint density at radius 1 is 1.47 bits per heavy atom. The second-order valence-corrected chi connectivity index (χ2v) is 4.38. The molecule has 0 atom stereocenters. The summed E-state index contributed by atoms with van der Waals surface area (Å²) in [5, 5.41) is 14.1. The standard InChI is InChI=1S/C12H13ClN4O2/c13-10-3-1-4-11(12(10)17(18)19)15-5-2-7-16-8-6-14-9-16/h1,3-4,6,8-9,15H,2,5,7H2. The largest absolute Gasteiger partial charge is 0.379 e. The lowest BCUT2D eigenvalue weighted by atomic mass is 10.2. The topological polar surface area (TPSA) is 73.0 Å². The molecule has 1 N–H and O–H groups in total. The van der Waals surface area contributed by atoms with E-state index in [4.69, 9.17) is 11.6 Å². The first-order valence-corrected chi connectivity index (χ1v) is 6.19. The molecule has 0 saturated carbocycles. The minimum atomic E-state index is -0.472. The number of nitro groups is 1. The van der Waals surface area contributed by atoms with E-state index in [-0.39, 0.29) is 10.7 Å². The number of nitrogens with one attached hydrogen (secondary N) is 1. The van der Waals surface area contributed by atoms with Gasteiger partial charge in [0.1, 0.15) is 10.7 Å². The van der Waals surface area contributed by atoms with Crippen molar-refractivity contribution < 1.29 is 4.92 Å². The van der Waals surface area contributed by atoms with Gasteiger partial charge in [-0.2, -0.15) is 0 Å². The SMILES string of the molecule is O=[N+]([O-])c1c(Cl)cccc1NCCCn1ccnc1. The predicted octanol–water partition coefficient (Wildman–Crippen LogP) is 2.95. The van der Waals surface area contributed by atoms with E-state index in [1.165, 1.54) is 6.07 Å². The van der Waals surface area contributed by atoms with Crippen LogP contribution in [0, 0.1) is 10.1 Å². The van der Waals surface area contributed by atoms with Crippen molar-refractivity contribution in [2.24, 2.45) is 0 Å². The highest BCUT2D eigenvalue weighted by Crippen LogP contribution is 2.32. The number of nitrogens with zero attached hydrogens (tertiary/aromatic N) is 3. The maximum Gasteiger partial charge on any atom is 0.310 e. The highest BCUT2D eigenvalue weighted by Gasteiger charge is 2.17. The second-order valence-electron chi connectivity index (χ2n) is 3.97. The van der Waals surface area contributed by atoms with Crippen LogP contribution in [0.4, 0.5) is 11.4 Å². The lowest BCUT2D eigenvalue weighted by Crippen LogP contribution is -2.07. The highest BCUT2D eigenvalue weighted by molar-refractivity contribution is 6.33. The Morgan fingerprint density at radius 2 is 2.32 bits per heavy atom. The van der Waals surface area contributed by atoms with Gasteiger partial charge in [-0.3, -0.25) is 10.1 Å². The molecule has 2 rings (SSSR count).